The van der Waals surface area contributed by atoms with Crippen molar-refractivity contribution in [2.24, 2.45) is 5.73 Å². The molecule has 0 aromatic heterocycles. The van der Waals surface area contributed by atoms with Crippen LogP contribution in [0.3, 0.4) is 0 Å². The molecule has 2 amide bonds. The number of carbonyl (C=O) groups is 1. The van der Waals surface area contributed by atoms with Crippen LogP contribution in [0.5, 0.6) is 0 Å². The van der Waals surface area contributed by atoms with Gasteiger partial charge in [0.05, 0.1) is 32.1 Å². The normalized spacial score (nSPS) is 10.5. The molecule has 7 heteroatoms. The van der Waals surface area contributed by atoms with Gasteiger partial charge in [0, 0.05) is 13.2 Å². The van der Waals surface area contributed by atoms with Gasteiger partial charge in [-0.2, -0.15) is 0 Å². The number of carbonyl (C=O) groups excluding carboxylic acids is 1. The van der Waals surface area contributed by atoms with Crippen LogP contribution in [0.2, 0.25) is 0 Å². The number of rotatable bonds is 7. The summed E-state index contributed by atoms with van der Waals surface area (Å²) in [5.74, 6) is -1.57. The van der Waals surface area contributed by atoms with E-state index in [1.165, 1.54) is 7.11 Å². The number of benzene rings is 1. The molecule has 0 radical (unpaired) electrons. The Morgan fingerprint density at radius 1 is 1.32 bits per heavy atom. The van der Waals surface area contributed by atoms with Crippen molar-refractivity contribution in [3.05, 3.63) is 29.8 Å². The summed E-state index contributed by atoms with van der Waals surface area (Å²) < 4.78 is 36.3. The van der Waals surface area contributed by atoms with Crippen molar-refractivity contribution in [2.75, 3.05) is 38.4 Å². The third-order valence-corrected chi connectivity index (χ3v) is 2.36. The Kier molecular flexibility index (Phi) is 6.17. The fourth-order valence-corrected chi connectivity index (χ4v) is 1.45. The minimum absolute atomic E-state index is 0.0710. The summed E-state index contributed by atoms with van der Waals surface area (Å²) in [7, 11) is 1.53. The number of anilines is 1. The Morgan fingerprint density at radius 2 is 2.05 bits per heavy atom. The molecule has 1 aromatic rings. The highest BCUT2D eigenvalue weighted by Gasteiger charge is 2.16. The van der Waals surface area contributed by atoms with Gasteiger partial charge in [0.25, 0.3) is 0 Å². The maximum atomic E-state index is 13.5. The first-order valence-electron chi connectivity index (χ1n) is 5.65. The van der Waals surface area contributed by atoms with E-state index < -0.39 is 17.7 Å². The van der Waals surface area contributed by atoms with Crippen LogP contribution < -0.4 is 10.6 Å². The summed E-state index contributed by atoms with van der Waals surface area (Å²) in [4.78, 5) is 12.3. The first-order chi connectivity index (χ1) is 9.06. The number of ether oxygens (including phenoxy) is 2. The summed E-state index contributed by atoms with van der Waals surface area (Å²) in [6, 6.07) is 2.07. The summed E-state index contributed by atoms with van der Waals surface area (Å²) in [5.41, 5.74) is 5.08. The zero-order chi connectivity index (χ0) is 14.3. The molecule has 1 aromatic carbocycles. The highest BCUT2D eigenvalue weighted by atomic mass is 19.1. The van der Waals surface area contributed by atoms with Crippen molar-refractivity contribution in [3.8, 4) is 0 Å². The molecular weight excluding hydrogens is 258 g/mol. The zero-order valence-electron chi connectivity index (χ0n) is 10.6. The Balaban J connectivity index is 2.64. The van der Waals surface area contributed by atoms with Crippen LogP contribution in [0.1, 0.15) is 0 Å². The van der Waals surface area contributed by atoms with Crippen LogP contribution >= 0.6 is 0 Å². The number of nitrogens with zero attached hydrogens (tertiary/aromatic N) is 1. The molecule has 0 atom stereocenters. The van der Waals surface area contributed by atoms with Crippen LogP contribution in [0.25, 0.3) is 0 Å². The fraction of sp³-hybridized carbons (Fsp3) is 0.417. The van der Waals surface area contributed by atoms with E-state index in [2.05, 4.69) is 0 Å². The average molecular weight is 274 g/mol. The SMILES string of the molecule is COCCOCCN(C(N)=O)c1ccc(F)cc1F. The molecule has 0 saturated heterocycles. The van der Waals surface area contributed by atoms with Crippen LogP contribution in [-0.4, -0.2) is 39.5 Å². The van der Waals surface area contributed by atoms with E-state index in [0.717, 1.165) is 17.0 Å². The van der Waals surface area contributed by atoms with E-state index in [4.69, 9.17) is 15.2 Å². The van der Waals surface area contributed by atoms with E-state index in [-0.39, 0.29) is 18.8 Å². The van der Waals surface area contributed by atoms with Gasteiger partial charge in [-0.05, 0) is 12.1 Å². The van der Waals surface area contributed by atoms with Gasteiger partial charge in [-0.3, -0.25) is 4.90 Å². The van der Waals surface area contributed by atoms with E-state index >= 15 is 0 Å². The summed E-state index contributed by atoms with van der Waals surface area (Å²) in [5, 5.41) is 0. The standard InChI is InChI=1S/C12H16F2N2O3/c1-18-6-7-19-5-4-16(12(15)17)11-3-2-9(13)8-10(11)14/h2-3,8H,4-7H2,1H3,(H2,15,17). The van der Waals surface area contributed by atoms with Gasteiger partial charge in [0.1, 0.15) is 11.6 Å². The Hall–Kier alpha value is -1.73. The Bertz CT molecular complexity index is 429. The van der Waals surface area contributed by atoms with Gasteiger partial charge in [0.15, 0.2) is 0 Å². The molecule has 2 N–H and O–H groups in total. The van der Waals surface area contributed by atoms with Crippen molar-refractivity contribution >= 4 is 11.7 Å². The molecule has 0 saturated carbocycles. The van der Waals surface area contributed by atoms with Crippen molar-refractivity contribution in [3.63, 3.8) is 0 Å². The topological polar surface area (TPSA) is 64.8 Å². The number of nitrogens with two attached hydrogens (primary N) is 1. The largest absolute Gasteiger partial charge is 0.382 e. The van der Waals surface area contributed by atoms with Gasteiger partial charge in [-0.15, -0.1) is 0 Å². The van der Waals surface area contributed by atoms with Crippen LogP contribution in [0.4, 0.5) is 19.3 Å². The lowest BCUT2D eigenvalue weighted by Crippen LogP contribution is -2.39. The molecule has 5 nitrogen and oxygen atoms in total. The molecule has 1 rings (SSSR count). The maximum absolute atomic E-state index is 13.5. The predicted molar refractivity (Wildman–Crippen MR) is 66.0 cm³/mol. The van der Waals surface area contributed by atoms with Crippen LogP contribution in [-0.2, 0) is 9.47 Å². The van der Waals surface area contributed by atoms with Gasteiger partial charge in [0.2, 0.25) is 0 Å². The minimum atomic E-state index is -0.851. The van der Waals surface area contributed by atoms with Gasteiger partial charge < -0.3 is 15.2 Å². The molecular formula is C12H16F2N2O3. The van der Waals surface area contributed by atoms with Crippen LogP contribution in [0.15, 0.2) is 18.2 Å². The number of primary amides is 1. The second kappa shape index (κ2) is 7.65. The Labute approximate surface area is 109 Å². The molecule has 0 aliphatic carbocycles. The second-order valence-corrected chi connectivity index (χ2v) is 3.69. The maximum Gasteiger partial charge on any atom is 0.319 e. The van der Waals surface area contributed by atoms with E-state index in [0.29, 0.717) is 19.3 Å². The van der Waals surface area contributed by atoms with E-state index in [1.54, 1.807) is 0 Å². The summed E-state index contributed by atoms with van der Waals surface area (Å²) in [6.45, 7) is 1.02. The highest BCUT2D eigenvalue weighted by molar-refractivity contribution is 5.90. The van der Waals surface area contributed by atoms with Gasteiger partial charge in [-0.1, -0.05) is 0 Å². The minimum Gasteiger partial charge on any atom is -0.382 e. The molecule has 0 spiro atoms. The fourth-order valence-electron chi connectivity index (χ4n) is 1.45. The second-order valence-electron chi connectivity index (χ2n) is 3.69. The lowest BCUT2D eigenvalue weighted by molar-refractivity contribution is 0.0744. The van der Waals surface area contributed by atoms with E-state index in [1.807, 2.05) is 0 Å². The number of hydrogen-bond donors (Lipinski definition) is 1. The summed E-state index contributed by atoms with van der Waals surface area (Å²) >= 11 is 0. The number of amides is 2. The molecule has 106 valence electrons. The lowest BCUT2D eigenvalue weighted by atomic mass is 10.2. The van der Waals surface area contributed by atoms with E-state index in [9.17, 15) is 13.6 Å². The third-order valence-electron chi connectivity index (χ3n) is 2.36. The van der Waals surface area contributed by atoms with Gasteiger partial charge in [-0.25, -0.2) is 13.6 Å². The number of hydrogen-bond acceptors (Lipinski definition) is 3. The molecule has 0 heterocycles. The lowest BCUT2D eigenvalue weighted by Gasteiger charge is -2.21. The number of halogens is 2. The molecule has 0 bridgehead atoms. The first-order valence-corrected chi connectivity index (χ1v) is 5.65. The molecule has 0 aliphatic rings. The van der Waals surface area contributed by atoms with Crippen molar-refractivity contribution < 1.29 is 23.0 Å². The number of methoxy groups -OCH3 is 1. The molecule has 0 unspecified atom stereocenters. The first kappa shape index (κ1) is 15.3. The Morgan fingerprint density at radius 3 is 2.63 bits per heavy atom. The van der Waals surface area contributed by atoms with Crippen molar-refractivity contribution in [1.82, 2.24) is 0 Å². The third kappa shape index (κ3) is 4.80. The zero-order valence-corrected chi connectivity index (χ0v) is 10.6. The highest BCUT2D eigenvalue weighted by Crippen LogP contribution is 2.19. The monoisotopic (exact) mass is 274 g/mol. The smallest absolute Gasteiger partial charge is 0.319 e. The van der Waals surface area contributed by atoms with Crippen molar-refractivity contribution in [2.45, 2.75) is 0 Å². The number of urea groups is 1. The molecule has 19 heavy (non-hydrogen) atoms. The van der Waals surface area contributed by atoms with Gasteiger partial charge >= 0.3 is 6.03 Å². The molecule has 0 aliphatic heterocycles. The predicted octanol–water partition coefficient (Wildman–Crippen LogP) is 1.51. The molecule has 0 fully saturated rings. The quantitative estimate of drug-likeness (QED) is 0.766. The average Bonchev–Trinajstić information content (AvgIpc) is 2.35. The summed E-state index contributed by atoms with van der Waals surface area (Å²) in [6.07, 6.45) is 0. The van der Waals surface area contributed by atoms with Crippen LogP contribution in [0, 0.1) is 11.6 Å². The van der Waals surface area contributed by atoms with Crippen molar-refractivity contribution in [1.29, 1.82) is 0 Å².